The summed E-state index contributed by atoms with van der Waals surface area (Å²) in [7, 11) is 0. The Kier molecular flexibility index (Phi) is 6.84. The largest absolute Gasteiger partial charge is 0.456 e. The number of rotatable bonds is 6. The summed E-state index contributed by atoms with van der Waals surface area (Å²) >= 11 is 0. The van der Waals surface area contributed by atoms with E-state index in [0.717, 1.165) is 50.1 Å². The fraction of sp³-hybridized carbons (Fsp3) is 0. The van der Waals surface area contributed by atoms with Gasteiger partial charge in [-0.2, -0.15) is 0 Å². The quantitative estimate of drug-likeness (QED) is 0.185. The highest BCUT2D eigenvalue weighted by molar-refractivity contribution is 6.17. The van der Waals surface area contributed by atoms with Gasteiger partial charge in [0.05, 0.1) is 11.4 Å². The lowest BCUT2D eigenvalue weighted by atomic mass is 9.94. The minimum atomic E-state index is 0.874. The van der Waals surface area contributed by atoms with Crippen LogP contribution in [0.4, 0.5) is 17.1 Å². The minimum absolute atomic E-state index is 0.874. The zero-order valence-corrected chi connectivity index (χ0v) is 26.3. The molecule has 2 heteroatoms. The lowest BCUT2D eigenvalue weighted by Crippen LogP contribution is -2.12. The Labute approximate surface area is 279 Å². The first-order valence-corrected chi connectivity index (χ1v) is 16.4. The van der Waals surface area contributed by atoms with E-state index in [4.69, 9.17) is 4.42 Å². The van der Waals surface area contributed by atoms with E-state index in [9.17, 15) is 0 Å². The van der Waals surface area contributed by atoms with Crippen molar-refractivity contribution < 1.29 is 4.42 Å². The fourth-order valence-electron chi connectivity index (χ4n) is 6.99. The van der Waals surface area contributed by atoms with Crippen LogP contribution >= 0.6 is 0 Å². The highest BCUT2D eigenvalue weighted by Crippen LogP contribution is 2.48. The molecule has 9 aromatic rings. The van der Waals surface area contributed by atoms with Crippen molar-refractivity contribution in [3.8, 4) is 33.4 Å². The van der Waals surface area contributed by atoms with Crippen LogP contribution in [0.25, 0.3) is 66.1 Å². The molecule has 226 valence electrons. The smallest absolute Gasteiger partial charge is 0.136 e. The van der Waals surface area contributed by atoms with Crippen LogP contribution in [0.15, 0.2) is 192 Å². The summed E-state index contributed by atoms with van der Waals surface area (Å²) in [5.74, 6) is 0. The minimum Gasteiger partial charge on any atom is -0.456 e. The summed E-state index contributed by atoms with van der Waals surface area (Å²) in [6.07, 6.45) is 0. The van der Waals surface area contributed by atoms with Crippen LogP contribution in [0.3, 0.4) is 0 Å². The highest BCUT2D eigenvalue weighted by Gasteiger charge is 2.23. The van der Waals surface area contributed by atoms with Gasteiger partial charge in [-0.3, -0.25) is 0 Å². The van der Waals surface area contributed by atoms with Gasteiger partial charge in [-0.1, -0.05) is 152 Å². The lowest BCUT2D eigenvalue weighted by molar-refractivity contribution is 0.669. The van der Waals surface area contributed by atoms with Crippen LogP contribution in [-0.4, -0.2) is 0 Å². The molecule has 0 aliphatic carbocycles. The van der Waals surface area contributed by atoms with Crippen LogP contribution in [0.1, 0.15) is 0 Å². The van der Waals surface area contributed by atoms with E-state index in [0.29, 0.717) is 0 Å². The molecule has 0 saturated heterocycles. The number of anilines is 3. The summed E-state index contributed by atoms with van der Waals surface area (Å²) in [6, 6.07) is 66.9. The number of fused-ring (bicyclic) bond motifs is 4. The van der Waals surface area contributed by atoms with E-state index in [1.54, 1.807) is 0 Å². The van der Waals surface area contributed by atoms with Crippen molar-refractivity contribution >= 4 is 49.8 Å². The molecule has 0 spiro atoms. The summed E-state index contributed by atoms with van der Waals surface area (Å²) in [5, 5.41) is 4.61. The second-order valence-electron chi connectivity index (χ2n) is 12.1. The van der Waals surface area contributed by atoms with Gasteiger partial charge in [0, 0.05) is 27.4 Å². The first-order chi connectivity index (χ1) is 23.8. The molecule has 1 heterocycles. The molecule has 0 fully saturated rings. The predicted octanol–water partition coefficient (Wildman–Crippen LogP) is 13.2. The normalized spacial score (nSPS) is 11.3. The van der Waals surface area contributed by atoms with E-state index < -0.39 is 0 Å². The second-order valence-corrected chi connectivity index (χ2v) is 12.1. The lowest BCUT2D eigenvalue weighted by Gasteiger charge is -2.29. The van der Waals surface area contributed by atoms with Crippen molar-refractivity contribution in [1.82, 2.24) is 0 Å². The molecule has 48 heavy (non-hydrogen) atoms. The second kappa shape index (κ2) is 11.8. The van der Waals surface area contributed by atoms with Gasteiger partial charge in [0.2, 0.25) is 0 Å². The molecule has 0 aliphatic heterocycles. The predicted molar refractivity (Wildman–Crippen MR) is 202 cm³/mol. The van der Waals surface area contributed by atoms with Crippen molar-refractivity contribution in [2.24, 2.45) is 0 Å². The molecule has 0 N–H and O–H groups in total. The van der Waals surface area contributed by atoms with Crippen LogP contribution < -0.4 is 4.90 Å². The monoisotopic (exact) mass is 613 g/mol. The van der Waals surface area contributed by atoms with Crippen LogP contribution in [0.2, 0.25) is 0 Å². The van der Waals surface area contributed by atoms with E-state index >= 15 is 0 Å². The molecule has 0 saturated carbocycles. The van der Waals surface area contributed by atoms with Gasteiger partial charge < -0.3 is 9.32 Å². The average Bonchev–Trinajstić information content (AvgIpc) is 3.55. The van der Waals surface area contributed by atoms with Crippen LogP contribution in [0.5, 0.6) is 0 Å². The van der Waals surface area contributed by atoms with Crippen molar-refractivity contribution in [3.63, 3.8) is 0 Å². The fourth-order valence-corrected chi connectivity index (χ4v) is 6.99. The van der Waals surface area contributed by atoms with E-state index in [1.807, 2.05) is 6.07 Å². The van der Waals surface area contributed by atoms with Gasteiger partial charge in [0.1, 0.15) is 11.2 Å². The molecule has 0 unspecified atom stereocenters. The van der Waals surface area contributed by atoms with Crippen LogP contribution in [0, 0.1) is 0 Å². The molecular formula is C46H31NO. The summed E-state index contributed by atoms with van der Waals surface area (Å²) in [5.41, 5.74) is 12.1. The van der Waals surface area contributed by atoms with Gasteiger partial charge in [-0.05, 0) is 69.6 Å². The van der Waals surface area contributed by atoms with Gasteiger partial charge in [-0.15, -0.1) is 0 Å². The zero-order chi connectivity index (χ0) is 31.9. The average molecular weight is 614 g/mol. The number of furan rings is 1. The Morgan fingerprint density at radius 1 is 0.333 bits per heavy atom. The molecule has 8 aromatic carbocycles. The Bertz CT molecular complexity index is 2530. The third-order valence-corrected chi connectivity index (χ3v) is 9.28. The summed E-state index contributed by atoms with van der Waals surface area (Å²) < 4.78 is 6.47. The molecule has 1 aromatic heterocycles. The molecule has 0 amide bonds. The number of hydrogen-bond donors (Lipinski definition) is 0. The molecular weight excluding hydrogens is 583 g/mol. The van der Waals surface area contributed by atoms with Gasteiger partial charge >= 0.3 is 0 Å². The molecule has 0 radical (unpaired) electrons. The third-order valence-electron chi connectivity index (χ3n) is 9.28. The van der Waals surface area contributed by atoms with Gasteiger partial charge in [0.25, 0.3) is 0 Å². The van der Waals surface area contributed by atoms with Crippen molar-refractivity contribution in [2.45, 2.75) is 0 Å². The third kappa shape index (κ3) is 4.83. The molecule has 9 rings (SSSR count). The summed E-state index contributed by atoms with van der Waals surface area (Å²) in [4.78, 5) is 2.42. The summed E-state index contributed by atoms with van der Waals surface area (Å²) in [6.45, 7) is 0. The van der Waals surface area contributed by atoms with Crippen molar-refractivity contribution in [1.29, 1.82) is 0 Å². The Hall–Kier alpha value is -6.38. The molecule has 0 aliphatic rings. The topological polar surface area (TPSA) is 16.4 Å². The Morgan fingerprint density at radius 2 is 0.875 bits per heavy atom. The molecule has 0 atom stereocenters. The van der Waals surface area contributed by atoms with E-state index in [1.165, 1.54) is 33.0 Å². The Balaban J connectivity index is 1.32. The zero-order valence-electron chi connectivity index (χ0n) is 26.3. The van der Waals surface area contributed by atoms with Crippen LogP contribution in [-0.2, 0) is 0 Å². The maximum atomic E-state index is 6.47. The number of hydrogen-bond acceptors (Lipinski definition) is 2. The number of para-hydroxylation sites is 1. The maximum absolute atomic E-state index is 6.47. The SMILES string of the molecule is c1ccc(-c2ccc(-c3c(N(c4ccc(-c5ccccc5)cc4)c4cccc5ccccc45)ccc4oc5ccccc5c34)cc2)cc1. The number of nitrogens with zero attached hydrogens (tertiary/aromatic N) is 1. The van der Waals surface area contributed by atoms with E-state index in [2.05, 4.69) is 187 Å². The molecule has 0 bridgehead atoms. The van der Waals surface area contributed by atoms with Crippen molar-refractivity contribution in [3.05, 3.63) is 188 Å². The van der Waals surface area contributed by atoms with E-state index in [-0.39, 0.29) is 0 Å². The Morgan fingerprint density at radius 3 is 1.58 bits per heavy atom. The molecule has 2 nitrogen and oxygen atoms in total. The van der Waals surface area contributed by atoms with Gasteiger partial charge in [-0.25, -0.2) is 0 Å². The highest BCUT2D eigenvalue weighted by atomic mass is 16.3. The van der Waals surface area contributed by atoms with Crippen molar-refractivity contribution in [2.75, 3.05) is 4.90 Å². The number of benzene rings is 8. The first kappa shape index (κ1) is 27.9. The van der Waals surface area contributed by atoms with Gasteiger partial charge in [0.15, 0.2) is 0 Å². The maximum Gasteiger partial charge on any atom is 0.136 e. The standard InChI is InChI=1S/C46H31NO/c1-3-12-32(13-4-1)34-22-24-37(25-23-34)45-42(30-31-44-46(45)40-19-9-10-21-43(40)48-44)47(41-20-11-17-36-16-7-8-18-39(36)41)38-28-26-35(27-29-38)33-14-5-2-6-15-33/h1-31H. The first-order valence-electron chi connectivity index (χ1n) is 16.4.